The second kappa shape index (κ2) is 6.00. The van der Waals surface area contributed by atoms with Crippen molar-refractivity contribution in [3.05, 3.63) is 30.3 Å². The van der Waals surface area contributed by atoms with E-state index in [0.717, 1.165) is 0 Å². The summed E-state index contributed by atoms with van der Waals surface area (Å²) in [4.78, 5) is 4.57. The first-order valence-electron chi connectivity index (χ1n) is 5.98. The predicted octanol–water partition coefficient (Wildman–Crippen LogP) is 2.43. The van der Waals surface area contributed by atoms with E-state index in [9.17, 15) is 8.42 Å². The van der Waals surface area contributed by atoms with Crippen molar-refractivity contribution in [2.75, 3.05) is 0 Å². The minimum atomic E-state index is -3.53. The zero-order valence-electron chi connectivity index (χ0n) is 11.2. The minimum Gasteiger partial charge on any atom is -0.269 e. The van der Waals surface area contributed by atoms with Gasteiger partial charge in [-0.1, -0.05) is 32.0 Å². The minimum absolute atomic E-state index is 0.0332. The maximum atomic E-state index is 12.1. The third-order valence-corrected chi connectivity index (χ3v) is 3.61. The SMILES string of the molecule is CC(C)N=C(NS(=O)(=O)c1ccccc1)C(C)C. The Morgan fingerprint density at radius 3 is 2.11 bits per heavy atom. The van der Waals surface area contributed by atoms with E-state index in [1.165, 1.54) is 0 Å². The highest BCUT2D eigenvalue weighted by Gasteiger charge is 2.17. The molecule has 0 atom stereocenters. The van der Waals surface area contributed by atoms with Crippen LogP contribution >= 0.6 is 0 Å². The number of rotatable bonds is 4. The summed E-state index contributed by atoms with van der Waals surface area (Å²) >= 11 is 0. The van der Waals surface area contributed by atoms with Crippen molar-refractivity contribution in [3.8, 4) is 0 Å². The Labute approximate surface area is 109 Å². The molecule has 0 radical (unpaired) electrons. The number of sulfonamides is 1. The second-order valence-electron chi connectivity index (χ2n) is 4.68. The fourth-order valence-electron chi connectivity index (χ4n) is 1.37. The number of hydrogen-bond donors (Lipinski definition) is 1. The van der Waals surface area contributed by atoms with Gasteiger partial charge in [0.25, 0.3) is 10.0 Å². The summed E-state index contributed by atoms with van der Waals surface area (Å²) in [6.07, 6.45) is 0. The zero-order valence-corrected chi connectivity index (χ0v) is 12.0. The lowest BCUT2D eigenvalue weighted by atomic mass is 10.2. The van der Waals surface area contributed by atoms with E-state index >= 15 is 0 Å². The van der Waals surface area contributed by atoms with Gasteiger partial charge in [0.15, 0.2) is 0 Å². The van der Waals surface area contributed by atoms with Crippen LogP contribution in [0.1, 0.15) is 27.7 Å². The molecule has 100 valence electrons. The van der Waals surface area contributed by atoms with Gasteiger partial charge in [0.05, 0.1) is 4.90 Å². The molecule has 1 rings (SSSR count). The van der Waals surface area contributed by atoms with Crippen LogP contribution in [0.15, 0.2) is 40.2 Å². The maximum Gasteiger partial charge on any atom is 0.262 e. The molecule has 0 amide bonds. The van der Waals surface area contributed by atoms with Gasteiger partial charge >= 0.3 is 0 Å². The number of nitrogens with zero attached hydrogens (tertiary/aromatic N) is 1. The summed E-state index contributed by atoms with van der Waals surface area (Å²) in [7, 11) is -3.53. The summed E-state index contributed by atoms with van der Waals surface area (Å²) in [5.74, 6) is 0.528. The summed E-state index contributed by atoms with van der Waals surface area (Å²) in [5, 5.41) is 0. The standard InChI is InChI=1S/C13H20N2O2S/c1-10(2)13(14-11(3)4)15-18(16,17)12-8-6-5-7-9-12/h5-11H,1-4H3,(H,14,15). The molecule has 0 bridgehead atoms. The lowest BCUT2D eigenvalue weighted by molar-refractivity contribution is 0.590. The van der Waals surface area contributed by atoms with Crippen molar-refractivity contribution in [3.63, 3.8) is 0 Å². The summed E-state index contributed by atoms with van der Waals surface area (Å²) in [6.45, 7) is 7.65. The molecular formula is C13H20N2O2S. The number of amidine groups is 1. The van der Waals surface area contributed by atoms with Gasteiger partial charge in [-0.05, 0) is 26.0 Å². The van der Waals surface area contributed by atoms with Crippen molar-refractivity contribution in [2.45, 2.75) is 38.6 Å². The van der Waals surface area contributed by atoms with Gasteiger partial charge in [-0.25, -0.2) is 8.42 Å². The molecule has 1 aromatic carbocycles. The van der Waals surface area contributed by atoms with E-state index in [1.54, 1.807) is 30.3 Å². The van der Waals surface area contributed by atoms with Crippen LogP contribution in [0.2, 0.25) is 0 Å². The fraction of sp³-hybridized carbons (Fsp3) is 0.462. The van der Waals surface area contributed by atoms with Gasteiger partial charge in [-0.3, -0.25) is 9.71 Å². The molecule has 4 nitrogen and oxygen atoms in total. The normalized spacial score (nSPS) is 13.1. The average molecular weight is 268 g/mol. The highest BCUT2D eigenvalue weighted by atomic mass is 32.2. The molecule has 0 aliphatic rings. The third kappa shape index (κ3) is 4.14. The van der Waals surface area contributed by atoms with Crippen molar-refractivity contribution in [2.24, 2.45) is 10.9 Å². The van der Waals surface area contributed by atoms with Gasteiger partial charge in [0.1, 0.15) is 5.84 Å². The van der Waals surface area contributed by atoms with Crippen LogP contribution in [0.5, 0.6) is 0 Å². The number of nitrogens with one attached hydrogen (secondary N) is 1. The first-order valence-corrected chi connectivity index (χ1v) is 7.47. The zero-order chi connectivity index (χ0) is 13.8. The van der Waals surface area contributed by atoms with Gasteiger partial charge in [-0.15, -0.1) is 0 Å². The average Bonchev–Trinajstić information content (AvgIpc) is 2.28. The number of benzene rings is 1. The molecule has 1 aromatic rings. The Morgan fingerprint density at radius 1 is 1.11 bits per heavy atom. The second-order valence-corrected chi connectivity index (χ2v) is 6.36. The molecule has 0 saturated heterocycles. The fourth-order valence-corrected chi connectivity index (χ4v) is 2.56. The van der Waals surface area contributed by atoms with E-state index < -0.39 is 10.0 Å². The number of aliphatic imine (C=N–C) groups is 1. The van der Waals surface area contributed by atoms with Crippen LogP contribution in [0.4, 0.5) is 0 Å². The molecule has 0 saturated carbocycles. The van der Waals surface area contributed by atoms with Crippen LogP contribution in [-0.2, 0) is 10.0 Å². The van der Waals surface area contributed by atoms with Crippen molar-refractivity contribution in [1.82, 2.24) is 4.72 Å². The van der Waals surface area contributed by atoms with E-state index in [2.05, 4.69) is 9.71 Å². The lowest BCUT2D eigenvalue weighted by Crippen LogP contribution is -2.34. The predicted molar refractivity (Wildman–Crippen MR) is 74.2 cm³/mol. The molecule has 0 aromatic heterocycles. The molecule has 0 aliphatic heterocycles. The highest BCUT2D eigenvalue weighted by molar-refractivity contribution is 7.90. The van der Waals surface area contributed by atoms with Gasteiger partial charge in [0, 0.05) is 12.0 Å². The molecule has 0 aliphatic carbocycles. The Kier molecular flexibility index (Phi) is 4.90. The summed E-state index contributed by atoms with van der Waals surface area (Å²) in [6, 6.07) is 8.36. The molecule has 0 fully saturated rings. The summed E-state index contributed by atoms with van der Waals surface area (Å²) in [5.41, 5.74) is 0. The van der Waals surface area contributed by atoms with Crippen LogP contribution in [0.3, 0.4) is 0 Å². The third-order valence-electron chi connectivity index (χ3n) is 2.24. The first-order chi connectivity index (χ1) is 8.33. The monoisotopic (exact) mass is 268 g/mol. The Hall–Kier alpha value is -1.36. The Bertz CT molecular complexity index is 505. The van der Waals surface area contributed by atoms with Gasteiger partial charge in [0.2, 0.25) is 0 Å². The lowest BCUT2D eigenvalue weighted by Gasteiger charge is -2.15. The van der Waals surface area contributed by atoms with E-state index in [-0.39, 0.29) is 16.9 Å². The van der Waals surface area contributed by atoms with Gasteiger partial charge in [-0.2, -0.15) is 0 Å². The number of hydrogen-bond acceptors (Lipinski definition) is 3. The molecular weight excluding hydrogens is 248 g/mol. The maximum absolute atomic E-state index is 12.1. The highest BCUT2D eigenvalue weighted by Crippen LogP contribution is 2.09. The quantitative estimate of drug-likeness (QED) is 0.673. The van der Waals surface area contributed by atoms with Gasteiger partial charge < -0.3 is 0 Å². The molecule has 1 N–H and O–H groups in total. The van der Waals surface area contributed by atoms with Crippen LogP contribution in [0, 0.1) is 5.92 Å². The van der Waals surface area contributed by atoms with E-state index in [1.807, 2.05) is 27.7 Å². The molecule has 5 heteroatoms. The molecule has 18 heavy (non-hydrogen) atoms. The Balaban J connectivity index is 3.02. The van der Waals surface area contributed by atoms with Crippen LogP contribution in [0.25, 0.3) is 0 Å². The Morgan fingerprint density at radius 2 is 1.67 bits per heavy atom. The first kappa shape index (κ1) is 14.7. The summed E-state index contributed by atoms with van der Waals surface area (Å²) < 4.78 is 26.8. The molecule has 0 unspecified atom stereocenters. The smallest absolute Gasteiger partial charge is 0.262 e. The van der Waals surface area contributed by atoms with Crippen molar-refractivity contribution >= 4 is 15.9 Å². The largest absolute Gasteiger partial charge is 0.269 e. The van der Waals surface area contributed by atoms with E-state index in [4.69, 9.17) is 0 Å². The van der Waals surface area contributed by atoms with Crippen molar-refractivity contribution in [1.29, 1.82) is 0 Å². The van der Waals surface area contributed by atoms with Crippen LogP contribution in [-0.4, -0.2) is 20.3 Å². The van der Waals surface area contributed by atoms with Crippen LogP contribution < -0.4 is 4.72 Å². The molecule has 0 spiro atoms. The van der Waals surface area contributed by atoms with Crippen molar-refractivity contribution < 1.29 is 8.42 Å². The topological polar surface area (TPSA) is 58.5 Å². The molecule has 0 heterocycles. The van der Waals surface area contributed by atoms with E-state index in [0.29, 0.717) is 5.84 Å².